The van der Waals surface area contributed by atoms with Crippen molar-refractivity contribution in [2.24, 2.45) is 5.92 Å². The standard InChI is InChI=1S/C27H31N3O7S/c1-34-27(33)37-16-36-25-20(31)10-11-29-24(25)26(32)28-12-13-35-14-22(28)30(29)23-18-7-3-2-6-17(18)15-38-21-9-5-4-8-19(21)23/h2-3,6-7,10-11,19,21-23H,4-5,8-9,12-16H2,1H3/t19?,21?,22-,23+/m1/s1. The van der Waals surface area contributed by atoms with Crippen molar-refractivity contribution >= 4 is 23.8 Å². The minimum Gasteiger partial charge on any atom is -0.451 e. The van der Waals surface area contributed by atoms with Gasteiger partial charge in [-0.15, -0.1) is 0 Å². The largest absolute Gasteiger partial charge is 0.510 e. The molecule has 1 aromatic heterocycles. The van der Waals surface area contributed by atoms with E-state index in [1.165, 1.54) is 30.7 Å². The molecule has 1 aliphatic carbocycles. The van der Waals surface area contributed by atoms with E-state index >= 15 is 0 Å². The van der Waals surface area contributed by atoms with Crippen LogP contribution in [0.15, 0.2) is 41.3 Å². The predicted octanol–water partition coefficient (Wildman–Crippen LogP) is 3.26. The third kappa shape index (κ3) is 4.31. The number of carbonyl (C=O) groups excluding carboxylic acids is 2. The lowest BCUT2D eigenvalue weighted by molar-refractivity contribution is -0.0251. The second-order valence-electron chi connectivity index (χ2n) is 9.94. The smallest absolute Gasteiger partial charge is 0.451 e. The van der Waals surface area contributed by atoms with E-state index in [2.05, 4.69) is 34.0 Å². The number of benzene rings is 1. The molecule has 3 aliphatic heterocycles. The first-order valence-corrected chi connectivity index (χ1v) is 14.1. The minimum atomic E-state index is -0.938. The molecule has 202 valence electrons. The molecule has 10 nitrogen and oxygen atoms in total. The maximum atomic E-state index is 13.9. The number of carbonyl (C=O) groups is 2. The van der Waals surface area contributed by atoms with Crippen molar-refractivity contribution < 1.29 is 28.5 Å². The van der Waals surface area contributed by atoms with Crippen LogP contribution < -0.4 is 15.2 Å². The zero-order valence-corrected chi connectivity index (χ0v) is 22.1. The summed E-state index contributed by atoms with van der Waals surface area (Å²) in [6, 6.07) is 9.92. The number of hydrogen-bond donors (Lipinski definition) is 0. The van der Waals surface area contributed by atoms with Crippen LogP contribution in [0.1, 0.15) is 53.3 Å². The number of thioether (sulfide) groups is 1. The molecule has 1 aromatic carbocycles. The number of fused-ring (bicyclic) bond motifs is 4. The van der Waals surface area contributed by atoms with Crippen LogP contribution in [0.2, 0.25) is 0 Å². The monoisotopic (exact) mass is 541 g/mol. The number of methoxy groups -OCH3 is 1. The second kappa shape index (κ2) is 10.5. The van der Waals surface area contributed by atoms with Crippen LogP contribution >= 0.6 is 11.8 Å². The summed E-state index contributed by atoms with van der Waals surface area (Å²) in [7, 11) is 1.18. The molecule has 1 saturated carbocycles. The highest BCUT2D eigenvalue weighted by atomic mass is 32.2. The van der Waals surface area contributed by atoms with E-state index in [-0.39, 0.29) is 29.6 Å². The Morgan fingerprint density at radius 2 is 2.00 bits per heavy atom. The molecular formula is C27H31N3O7S. The summed E-state index contributed by atoms with van der Waals surface area (Å²) >= 11 is 2.03. The van der Waals surface area contributed by atoms with Crippen LogP contribution in [0.3, 0.4) is 0 Å². The van der Waals surface area contributed by atoms with Gasteiger partial charge in [-0.25, -0.2) is 4.79 Å². The van der Waals surface area contributed by atoms with Crippen LogP contribution in [0.5, 0.6) is 5.75 Å². The Morgan fingerprint density at radius 3 is 2.87 bits per heavy atom. The summed E-state index contributed by atoms with van der Waals surface area (Å²) in [5.41, 5.74) is 2.21. The molecule has 0 spiro atoms. The molecule has 0 radical (unpaired) electrons. The lowest BCUT2D eigenvalue weighted by Crippen LogP contribution is -2.67. The summed E-state index contributed by atoms with van der Waals surface area (Å²) in [6.45, 7) is 0.630. The van der Waals surface area contributed by atoms with Gasteiger partial charge in [0.25, 0.3) is 5.91 Å². The molecule has 4 aliphatic rings. The first-order valence-electron chi connectivity index (χ1n) is 13.0. The molecule has 1 amide bonds. The normalized spacial score (nSPS) is 26.3. The maximum absolute atomic E-state index is 13.9. The Kier molecular flexibility index (Phi) is 6.96. The van der Waals surface area contributed by atoms with Crippen molar-refractivity contribution in [3.8, 4) is 5.75 Å². The molecule has 0 bridgehead atoms. The van der Waals surface area contributed by atoms with Gasteiger partial charge < -0.3 is 23.8 Å². The Bertz CT molecular complexity index is 1280. The number of amides is 1. The van der Waals surface area contributed by atoms with Gasteiger partial charge in [-0.05, 0) is 29.9 Å². The van der Waals surface area contributed by atoms with E-state index in [0.717, 1.165) is 25.0 Å². The number of ether oxygens (including phenoxy) is 4. The number of rotatable bonds is 4. The van der Waals surface area contributed by atoms with Gasteiger partial charge >= 0.3 is 6.16 Å². The molecule has 11 heteroatoms. The molecule has 1 saturated heterocycles. The zero-order valence-electron chi connectivity index (χ0n) is 21.2. The number of pyridine rings is 1. The van der Waals surface area contributed by atoms with Crippen LogP contribution in [0.25, 0.3) is 0 Å². The van der Waals surface area contributed by atoms with Gasteiger partial charge in [0.1, 0.15) is 6.17 Å². The van der Waals surface area contributed by atoms with Gasteiger partial charge in [0, 0.05) is 29.8 Å². The molecule has 2 aromatic rings. The average Bonchev–Trinajstić information content (AvgIpc) is 3.11. The Balaban J connectivity index is 1.51. The van der Waals surface area contributed by atoms with E-state index in [4.69, 9.17) is 14.2 Å². The van der Waals surface area contributed by atoms with Gasteiger partial charge in [-0.3, -0.25) is 19.3 Å². The van der Waals surface area contributed by atoms with Gasteiger partial charge in [-0.2, -0.15) is 11.8 Å². The van der Waals surface area contributed by atoms with Crippen LogP contribution in [0.4, 0.5) is 4.79 Å². The third-order valence-electron chi connectivity index (χ3n) is 7.97. The predicted molar refractivity (Wildman–Crippen MR) is 140 cm³/mol. The van der Waals surface area contributed by atoms with Crippen LogP contribution in [0, 0.1) is 5.92 Å². The first kappa shape index (κ1) is 25.1. The number of morpholine rings is 1. The molecule has 2 unspecified atom stereocenters. The van der Waals surface area contributed by atoms with Crippen LogP contribution in [-0.4, -0.2) is 66.7 Å². The van der Waals surface area contributed by atoms with Crippen molar-refractivity contribution in [1.29, 1.82) is 0 Å². The number of aromatic nitrogens is 1. The van der Waals surface area contributed by atoms with E-state index in [1.54, 1.807) is 15.8 Å². The molecule has 0 N–H and O–H groups in total. The average molecular weight is 542 g/mol. The molecule has 38 heavy (non-hydrogen) atoms. The zero-order chi connectivity index (χ0) is 26.2. The van der Waals surface area contributed by atoms with E-state index in [0.29, 0.717) is 30.9 Å². The third-order valence-corrected chi connectivity index (χ3v) is 9.46. The van der Waals surface area contributed by atoms with Crippen molar-refractivity contribution in [3.05, 3.63) is 63.6 Å². The van der Waals surface area contributed by atoms with Gasteiger partial charge in [0.05, 0.1) is 26.4 Å². The van der Waals surface area contributed by atoms with Gasteiger partial charge in [-0.1, -0.05) is 37.1 Å². The summed E-state index contributed by atoms with van der Waals surface area (Å²) in [6.07, 6.45) is 5.01. The highest BCUT2D eigenvalue weighted by Crippen LogP contribution is 2.49. The lowest BCUT2D eigenvalue weighted by Gasteiger charge is -2.53. The summed E-state index contributed by atoms with van der Waals surface area (Å²) in [5.74, 6) is 0.847. The van der Waals surface area contributed by atoms with Crippen molar-refractivity contribution in [2.75, 3.05) is 38.7 Å². The quantitative estimate of drug-likeness (QED) is 0.427. The molecule has 4 heterocycles. The fourth-order valence-electron chi connectivity index (χ4n) is 6.29. The summed E-state index contributed by atoms with van der Waals surface area (Å²) in [4.78, 5) is 40.1. The highest BCUT2D eigenvalue weighted by molar-refractivity contribution is 7.99. The van der Waals surface area contributed by atoms with E-state index in [1.807, 2.05) is 11.8 Å². The minimum absolute atomic E-state index is 0.0331. The molecule has 6 rings (SSSR count). The Labute approximate surface area is 224 Å². The Morgan fingerprint density at radius 1 is 1.16 bits per heavy atom. The number of hydrogen-bond acceptors (Lipinski definition) is 9. The van der Waals surface area contributed by atoms with E-state index < -0.39 is 18.4 Å². The van der Waals surface area contributed by atoms with Gasteiger partial charge in [0.15, 0.2) is 5.69 Å². The first-order chi connectivity index (χ1) is 18.6. The van der Waals surface area contributed by atoms with Crippen molar-refractivity contribution in [3.63, 3.8) is 0 Å². The lowest BCUT2D eigenvalue weighted by atomic mass is 9.79. The number of nitrogens with zero attached hydrogens (tertiary/aromatic N) is 3. The van der Waals surface area contributed by atoms with Crippen molar-refractivity contribution in [2.45, 2.75) is 48.9 Å². The van der Waals surface area contributed by atoms with Crippen LogP contribution in [-0.2, 0) is 20.0 Å². The van der Waals surface area contributed by atoms with Crippen molar-refractivity contribution in [1.82, 2.24) is 9.58 Å². The highest BCUT2D eigenvalue weighted by Gasteiger charge is 2.49. The molecule has 4 atom stereocenters. The topological polar surface area (TPSA) is 99.5 Å². The summed E-state index contributed by atoms with van der Waals surface area (Å²) < 4.78 is 22.7. The summed E-state index contributed by atoms with van der Waals surface area (Å²) in [5, 5.41) is 2.72. The second-order valence-corrected chi connectivity index (χ2v) is 11.2. The molecule has 2 fully saturated rings. The van der Waals surface area contributed by atoms with E-state index in [9.17, 15) is 14.4 Å². The fourth-order valence-corrected chi connectivity index (χ4v) is 7.81. The maximum Gasteiger partial charge on any atom is 0.510 e. The Hall–Kier alpha value is -3.18. The fraction of sp³-hybridized carbons (Fsp3) is 0.519. The SMILES string of the molecule is COC(=O)OCOc1c2n(ccc1=O)N([C@H]1c3ccccc3CSC3CCCCC31)[C@@H]1COCCN1C2=O. The molecular weight excluding hydrogens is 510 g/mol. The van der Waals surface area contributed by atoms with Gasteiger partial charge in [0.2, 0.25) is 18.0 Å².